The van der Waals surface area contributed by atoms with Gasteiger partial charge in [0.15, 0.2) is 0 Å². The summed E-state index contributed by atoms with van der Waals surface area (Å²) in [5.41, 5.74) is -1.97. The molecule has 0 unspecified atom stereocenters. The number of anilines is 2. The smallest absolute Gasteiger partial charge is 0.329 e. The van der Waals surface area contributed by atoms with Crippen LogP contribution < -0.4 is 20.4 Å². The second kappa shape index (κ2) is 16.3. The van der Waals surface area contributed by atoms with Gasteiger partial charge in [0.25, 0.3) is 11.8 Å². The zero-order chi connectivity index (χ0) is 41.1. The van der Waals surface area contributed by atoms with Crippen LogP contribution in [0.15, 0.2) is 60.7 Å². The van der Waals surface area contributed by atoms with Crippen LogP contribution in [0.3, 0.4) is 0 Å². The normalized spacial score (nSPS) is 20.1. The molecule has 6 amide bonds. The Bertz CT molecular complexity index is 2060. The Morgan fingerprint density at radius 2 is 1.02 bits per heavy atom. The molecule has 18 nitrogen and oxygen atoms in total. The maximum absolute atomic E-state index is 13.0. The fraction of sp³-hybridized carbons (Fsp3) is 0.500. The standard InChI is InChI=1S/C20H27N3O6S.C16H19N3O6S/c1-19(2,3)29-16(24)9-14-30(27,28)22-12-10-20(11-13-22)17(25)23(18(26)21-20)15-7-5-4-6-8-15;20-13(21)6-11-26(24,25)18-9-7-16(8-10-18)14(22)19(15(23)17-16)12-4-2-1-3-5-12/h4-8H,9-14H2,1-3H3,(H,21,26);1-5H,6-11H2,(H,17,23)(H,20,21). The largest absolute Gasteiger partial charge is 0.481 e. The van der Waals surface area contributed by atoms with Crippen LogP contribution in [0.2, 0.25) is 0 Å². The summed E-state index contributed by atoms with van der Waals surface area (Å²) in [6, 6.07) is 16.1. The molecule has 4 saturated heterocycles. The first-order valence-electron chi connectivity index (χ1n) is 18.0. The Morgan fingerprint density at radius 1 is 0.661 bits per heavy atom. The molecule has 2 aromatic rings. The van der Waals surface area contributed by atoms with E-state index < -0.39 is 78.8 Å². The van der Waals surface area contributed by atoms with Gasteiger partial charge in [-0.25, -0.2) is 44.8 Å². The number of carbonyl (C=O) groups excluding carboxylic acids is 5. The molecule has 0 bridgehead atoms. The number of nitrogens with zero attached hydrogens (tertiary/aromatic N) is 4. The SMILES string of the molecule is CC(C)(C)OC(=O)CCS(=O)(=O)N1CCC2(CC1)NC(=O)N(c1ccccc1)C2=O.O=C(O)CCS(=O)(=O)N1CCC2(CC1)NC(=O)N(c1ccccc1)C2=O. The van der Waals surface area contributed by atoms with Crippen LogP contribution in [0.4, 0.5) is 21.0 Å². The van der Waals surface area contributed by atoms with E-state index in [1.807, 2.05) is 0 Å². The van der Waals surface area contributed by atoms with Crippen molar-refractivity contribution in [3.05, 3.63) is 60.7 Å². The first kappa shape index (κ1) is 42.2. The second-order valence-electron chi connectivity index (χ2n) is 14.9. The van der Waals surface area contributed by atoms with E-state index in [1.165, 1.54) is 8.61 Å². The minimum Gasteiger partial charge on any atom is -0.481 e. The number of piperidine rings is 2. The van der Waals surface area contributed by atoms with Gasteiger partial charge in [0.2, 0.25) is 20.0 Å². The van der Waals surface area contributed by atoms with E-state index in [4.69, 9.17) is 9.84 Å². The number of para-hydroxylation sites is 2. The lowest BCUT2D eigenvalue weighted by molar-refractivity contribution is -0.154. The summed E-state index contributed by atoms with van der Waals surface area (Å²) in [6.07, 6.45) is -0.0698. The van der Waals surface area contributed by atoms with Gasteiger partial charge in [-0.3, -0.25) is 19.2 Å². The van der Waals surface area contributed by atoms with Gasteiger partial charge in [-0.05, 0) is 70.7 Å². The van der Waals surface area contributed by atoms with Gasteiger partial charge in [-0.15, -0.1) is 0 Å². The van der Waals surface area contributed by atoms with Crippen LogP contribution in [0, 0.1) is 0 Å². The molecule has 20 heteroatoms. The quantitative estimate of drug-likeness (QED) is 0.231. The number of rotatable bonds is 10. The molecule has 4 aliphatic heterocycles. The van der Waals surface area contributed by atoms with Crippen molar-refractivity contribution in [2.24, 2.45) is 0 Å². The molecule has 0 radical (unpaired) electrons. The number of urea groups is 2. The lowest BCUT2D eigenvalue weighted by atomic mass is 9.88. The molecule has 56 heavy (non-hydrogen) atoms. The van der Waals surface area contributed by atoms with Gasteiger partial charge in [-0.1, -0.05) is 36.4 Å². The van der Waals surface area contributed by atoms with Gasteiger partial charge in [0, 0.05) is 26.2 Å². The monoisotopic (exact) mass is 818 g/mol. The van der Waals surface area contributed by atoms with E-state index in [-0.39, 0.29) is 69.9 Å². The van der Waals surface area contributed by atoms with Crippen LogP contribution in [0.5, 0.6) is 0 Å². The highest BCUT2D eigenvalue weighted by Crippen LogP contribution is 2.35. The van der Waals surface area contributed by atoms with Crippen molar-refractivity contribution in [3.63, 3.8) is 0 Å². The number of nitrogens with one attached hydrogen (secondary N) is 2. The third kappa shape index (κ3) is 9.36. The predicted octanol–water partition coefficient (Wildman–Crippen LogP) is 2.02. The number of hydrogen-bond donors (Lipinski definition) is 3. The van der Waals surface area contributed by atoms with Crippen molar-refractivity contribution in [2.45, 2.75) is 76.0 Å². The molecule has 2 spiro atoms. The van der Waals surface area contributed by atoms with E-state index in [2.05, 4.69) is 10.6 Å². The van der Waals surface area contributed by atoms with Crippen molar-refractivity contribution in [2.75, 3.05) is 47.5 Å². The number of carboxylic acids is 1. The third-order valence-corrected chi connectivity index (χ3v) is 13.6. The predicted molar refractivity (Wildman–Crippen MR) is 202 cm³/mol. The summed E-state index contributed by atoms with van der Waals surface area (Å²) in [7, 11) is -7.39. The Labute approximate surface area is 325 Å². The molecular formula is C36H46N6O12S2. The highest BCUT2D eigenvalue weighted by molar-refractivity contribution is 7.89. The van der Waals surface area contributed by atoms with Crippen LogP contribution in [0.1, 0.15) is 59.3 Å². The van der Waals surface area contributed by atoms with E-state index in [0.717, 1.165) is 9.80 Å². The number of imide groups is 2. The Balaban J connectivity index is 0.000000216. The molecule has 4 heterocycles. The zero-order valence-corrected chi connectivity index (χ0v) is 32.9. The van der Waals surface area contributed by atoms with E-state index >= 15 is 0 Å². The average molecular weight is 819 g/mol. The Kier molecular flexibility index (Phi) is 12.3. The molecule has 0 aliphatic carbocycles. The van der Waals surface area contributed by atoms with Crippen LogP contribution >= 0.6 is 0 Å². The maximum atomic E-state index is 13.0. The first-order valence-corrected chi connectivity index (χ1v) is 21.2. The molecule has 0 saturated carbocycles. The summed E-state index contributed by atoms with van der Waals surface area (Å²) in [6.45, 7) is 5.43. The highest BCUT2D eigenvalue weighted by Gasteiger charge is 2.55. The molecule has 4 fully saturated rings. The summed E-state index contributed by atoms with van der Waals surface area (Å²) in [5.74, 6) is -3.35. The van der Waals surface area contributed by atoms with Crippen molar-refractivity contribution < 1.29 is 55.4 Å². The maximum Gasteiger partial charge on any atom is 0.329 e. The Morgan fingerprint density at radius 3 is 1.36 bits per heavy atom. The van der Waals surface area contributed by atoms with Crippen molar-refractivity contribution >= 4 is 67.2 Å². The van der Waals surface area contributed by atoms with E-state index in [9.17, 15) is 45.6 Å². The lowest BCUT2D eigenvalue weighted by Gasteiger charge is -2.36. The van der Waals surface area contributed by atoms with Crippen molar-refractivity contribution in [1.29, 1.82) is 0 Å². The summed E-state index contributed by atoms with van der Waals surface area (Å²) in [5, 5.41) is 14.1. The number of amides is 6. The molecule has 304 valence electrons. The van der Waals surface area contributed by atoms with Crippen LogP contribution in [-0.4, -0.2) is 121 Å². The van der Waals surface area contributed by atoms with E-state index in [1.54, 1.807) is 81.4 Å². The molecule has 0 aromatic heterocycles. The number of esters is 1. The zero-order valence-electron chi connectivity index (χ0n) is 31.3. The molecule has 2 aromatic carbocycles. The van der Waals surface area contributed by atoms with E-state index in [0.29, 0.717) is 11.4 Å². The summed E-state index contributed by atoms with van der Waals surface area (Å²) < 4.78 is 57.3. The minimum atomic E-state index is -3.71. The van der Waals surface area contributed by atoms with Crippen molar-refractivity contribution in [1.82, 2.24) is 19.2 Å². The topological polar surface area (TPSA) is 237 Å². The number of sulfonamides is 2. The van der Waals surface area contributed by atoms with Gasteiger partial charge in [-0.2, -0.15) is 0 Å². The first-order chi connectivity index (χ1) is 26.2. The third-order valence-electron chi connectivity index (χ3n) is 9.85. The van der Waals surface area contributed by atoms with Crippen LogP contribution in [0.25, 0.3) is 0 Å². The number of benzene rings is 2. The fourth-order valence-corrected chi connectivity index (χ4v) is 9.76. The molecule has 6 rings (SSSR count). The number of carbonyl (C=O) groups is 6. The second-order valence-corrected chi connectivity index (χ2v) is 19.1. The lowest BCUT2D eigenvalue weighted by Crippen LogP contribution is -2.56. The minimum absolute atomic E-state index is 0.0522. The molecule has 4 aliphatic rings. The van der Waals surface area contributed by atoms with Crippen LogP contribution in [-0.2, 0) is 44.0 Å². The number of aliphatic carboxylic acids is 1. The Hall–Kier alpha value is -4.92. The number of hydrogen-bond acceptors (Lipinski definition) is 11. The van der Waals surface area contributed by atoms with Gasteiger partial charge in [0.05, 0.1) is 35.7 Å². The summed E-state index contributed by atoms with van der Waals surface area (Å²) in [4.78, 5) is 75.2. The molecular weight excluding hydrogens is 773 g/mol. The number of carboxylic acid groups (broad SMARTS) is 1. The van der Waals surface area contributed by atoms with Gasteiger partial charge < -0.3 is 20.5 Å². The molecule has 3 N–H and O–H groups in total. The summed E-state index contributed by atoms with van der Waals surface area (Å²) >= 11 is 0. The fourth-order valence-electron chi connectivity index (χ4n) is 6.91. The molecule has 0 atom stereocenters. The average Bonchev–Trinajstić information content (AvgIpc) is 3.52. The van der Waals surface area contributed by atoms with Gasteiger partial charge >= 0.3 is 24.0 Å². The number of ether oxygens (including phenoxy) is 1. The van der Waals surface area contributed by atoms with Crippen molar-refractivity contribution in [3.8, 4) is 0 Å². The highest BCUT2D eigenvalue weighted by atomic mass is 32.2. The van der Waals surface area contributed by atoms with Gasteiger partial charge in [0.1, 0.15) is 16.7 Å².